The number of rotatable bonds is 5. The molecule has 1 N–H and O–H groups in total. The lowest BCUT2D eigenvalue weighted by atomic mass is 10.1. The molecule has 2 aromatic rings. The summed E-state index contributed by atoms with van der Waals surface area (Å²) in [4.78, 5) is 32.6. The molecule has 0 aliphatic carbocycles. The number of aryl methyl sites for hydroxylation is 1. The van der Waals surface area contributed by atoms with Crippen LogP contribution in [-0.4, -0.2) is 83.9 Å². The van der Waals surface area contributed by atoms with Crippen molar-refractivity contribution in [3.8, 4) is 0 Å². The maximum absolute atomic E-state index is 12.9. The third-order valence-electron chi connectivity index (χ3n) is 5.12. The van der Waals surface area contributed by atoms with Crippen molar-refractivity contribution in [2.24, 2.45) is 7.05 Å². The van der Waals surface area contributed by atoms with E-state index >= 15 is 0 Å². The average Bonchev–Trinajstić information content (AvgIpc) is 3.21. The maximum atomic E-state index is 12.9. The summed E-state index contributed by atoms with van der Waals surface area (Å²) in [5.41, 5.74) is 2.31. The van der Waals surface area contributed by atoms with Gasteiger partial charge in [-0.05, 0) is 18.2 Å². The zero-order valence-electron chi connectivity index (χ0n) is 15.5. The third kappa shape index (κ3) is 3.18. The topological polar surface area (TPSA) is 88.9 Å². The number of benzene rings is 1. The quantitative estimate of drug-likeness (QED) is 0.784. The van der Waals surface area contributed by atoms with Crippen molar-refractivity contribution in [2.75, 3.05) is 51.8 Å². The summed E-state index contributed by atoms with van der Waals surface area (Å²) >= 11 is 0. The van der Waals surface area contributed by atoms with Crippen LogP contribution in [0.5, 0.6) is 0 Å². The number of piperazine rings is 1. The molecule has 1 atom stereocenters. The molecule has 1 aromatic heterocycles. The summed E-state index contributed by atoms with van der Waals surface area (Å²) in [6.45, 7) is 3.11. The highest BCUT2D eigenvalue weighted by molar-refractivity contribution is 5.98. The number of nitrogens with one attached hydrogen (secondary N) is 1. The van der Waals surface area contributed by atoms with Gasteiger partial charge in [0, 0.05) is 45.9 Å². The molecular weight excluding hydrogens is 350 g/mol. The van der Waals surface area contributed by atoms with Crippen LogP contribution in [0.2, 0.25) is 0 Å². The van der Waals surface area contributed by atoms with E-state index in [9.17, 15) is 9.59 Å². The minimum absolute atomic E-state index is 0.0459. The van der Waals surface area contributed by atoms with E-state index < -0.39 is 0 Å². The fourth-order valence-corrected chi connectivity index (χ4v) is 3.61. The Bertz CT molecular complexity index is 880. The largest absolute Gasteiger partial charge is 0.447 e. The summed E-state index contributed by atoms with van der Waals surface area (Å²) in [5.74, 6) is 0.692. The molecular formula is C18H23N5O4. The lowest BCUT2D eigenvalue weighted by Gasteiger charge is -2.35. The number of hydrogen-bond donors (Lipinski definition) is 1. The van der Waals surface area contributed by atoms with Crippen molar-refractivity contribution < 1.29 is 19.1 Å². The molecule has 4 rings (SSSR count). The van der Waals surface area contributed by atoms with E-state index in [0.717, 1.165) is 17.0 Å². The van der Waals surface area contributed by atoms with E-state index in [1.165, 1.54) is 0 Å². The van der Waals surface area contributed by atoms with Gasteiger partial charge in [0.05, 0.1) is 23.7 Å². The summed E-state index contributed by atoms with van der Waals surface area (Å²) in [7, 11) is 3.59. The summed E-state index contributed by atoms with van der Waals surface area (Å²) in [6, 6.07) is 5.51. The molecule has 2 aliphatic heterocycles. The van der Waals surface area contributed by atoms with Gasteiger partial charge in [0.1, 0.15) is 6.61 Å². The molecule has 0 bridgehead atoms. The van der Waals surface area contributed by atoms with Crippen molar-refractivity contribution in [3.63, 3.8) is 0 Å². The first-order valence-corrected chi connectivity index (χ1v) is 9.00. The number of nitrogens with zero attached hydrogens (tertiary/aromatic N) is 4. The van der Waals surface area contributed by atoms with Crippen LogP contribution in [0.1, 0.15) is 10.4 Å². The van der Waals surface area contributed by atoms with E-state index in [-0.39, 0.29) is 18.0 Å². The van der Waals surface area contributed by atoms with Crippen molar-refractivity contribution in [3.05, 3.63) is 23.8 Å². The van der Waals surface area contributed by atoms with Crippen LogP contribution < -0.4 is 5.32 Å². The van der Waals surface area contributed by atoms with Gasteiger partial charge in [-0.1, -0.05) is 0 Å². The summed E-state index contributed by atoms with van der Waals surface area (Å²) in [5, 5.41) is 3.22. The first kappa shape index (κ1) is 17.6. The van der Waals surface area contributed by atoms with Gasteiger partial charge < -0.3 is 24.3 Å². The Morgan fingerprint density at radius 3 is 3.07 bits per heavy atom. The highest BCUT2D eigenvalue weighted by atomic mass is 16.6. The molecule has 2 aliphatic rings. The highest BCUT2D eigenvalue weighted by Gasteiger charge is 2.38. The Balaban J connectivity index is 1.51. The number of carbonyl (C=O) groups excluding carboxylic acids is 2. The zero-order valence-corrected chi connectivity index (χ0v) is 15.5. The van der Waals surface area contributed by atoms with Gasteiger partial charge in [0.15, 0.2) is 0 Å². The van der Waals surface area contributed by atoms with Crippen LogP contribution in [0.4, 0.5) is 10.7 Å². The second-order valence-corrected chi connectivity index (χ2v) is 6.79. The molecule has 0 unspecified atom stereocenters. The van der Waals surface area contributed by atoms with Crippen LogP contribution >= 0.6 is 0 Å². The van der Waals surface area contributed by atoms with Crippen molar-refractivity contribution >= 4 is 29.0 Å². The van der Waals surface area contributed by atoms with E-state index in [1.807, 2.05) is 29.8 Å². The van der Waals surface area contributed by atoms with Gasteiger partial charge in [0.25, 0.3) is 5.91 Å². The van der Waals surface area contributed by atoms with Crippen molar-refractivity contribution in [1.29, 1.82) is 0 Å². The number of methoxy groups -OCH3 is 1. The van der Waals surface area contributed by atoms with Gasteiger partial charge in [-0.15, -0.1) is 0 Å². The zero-order chi connectivity index (χ0) is 19.0. The SMILES string of the molecule is COCCNc1nc2cc(C(=O)N3CCN4C(=O)OC[C@H]4C3)ccc2n1C. The molecule has 0 radical (unpaired) electrons. The molecule has 0 saturated carbocycles. The molecule has 2 saturated heterocycles. The molecule has 1 aromatic carbocycles. The molecule has 144 valence electrons. The number of imidazole rings is 1. The Morgan fingerprint density at radius 1 is 1.41 bits per heavy atom. The smallest absolute Gasteiger partial charge is 0.410 e. The van der Waals surface area contributed by atoms with Crippen molar-refractivity contribution in [2.45, 2.75) is 6.04 Å². The van der Waals surface area contributed by atoms with Gasteiger partial charge in [0.2, 0.25) is 5.95 Å². The van der Waals surface area contributed by atoms with E-state index in [2.05, 4.69) is 10.3 Å². The van der Waals surface area contributed by atoms with E-state index in [1.54, 1.807) is 16.9 Å². The lowest BCUT2D eigenvalue weighted by molar-refractivity contribution is 0.0617. The van der Waals surface area contributed by atoms with E-state index in [4.69, 9.17) is 9.47 Å². The van der Waals surface area contributed by atoms with Gasteiger partial charge in [-0.2, -0.15) is 0 Å². The number of hydrogen-bond acceptors (Lipinski definition) is 6. The first-order valence-electron chi connectivity index (χ1n) is 9.00. The molecule has 9 nitrogen and oxygen atoms in total. The minimum Gasteiger partial charge on any atom is -0.447 e. The number of amides is 2. The minimum atomic E-state index is -0.282. The molecule has 2 fully saturated rings. The second kappa shape index (κ2) is 7.07. The van der Waals surface area contributed by atoms with Crippen molar-refractivity contribution in [1.82, 2.24) is 19.4 Å². The number of anilines is 1. The monoisotopic (exact) mass is 373 g/mol. The number of cyclic esters (lactones) is 1. The van der Waals surface area contributed by atoms with Gasteiger partial charge in [-0.3, -0.25) is 9.69 Å². The predicted molar refractivity (Wildman–Crippen MR) is 98.8 cm³/mol. The first-order chi connectivity index (χ1) is 13.1. The van der Waals surface area contributed by atoms with Gasteiger partial charge >= 0.3 is 6.09 Å². The van der Waals surface area contributed by atoms with Crippen LogP contribution in [-0.2, 0) is 16.5 Å². The Hall–Kier alpha value is -2.81. The number of ether oxygens (including phenoxy) is 2. The second-order valence-electron chi connectivity index (χ2n) is 6.79. The Morgan fingerprint density at radius 2 is 2.26 bits per heavy atom. The number of carbonyl (C=O) groups is 2. The molecule has 9 heteroatoms. The van der Waals surface area contributed by atoms with Crippen LogP contribution in [0.15, 0.2) is 18.2 Å². The molecule has 0 spiro atoms. The standard InChI is InChI=1S/C18H23N5O4/c1-21-15-4-3-12(9-14(15)20-17(21)19-5-8-26-2)16(24)22-6-7-23-13(10-22)11-27-18(23)25/h3-4,9,13H,5-8,10-11H2,1-2H3,(H,19,20)/t13-/m1/s1. The third-order valence-corrected chi connectivity index (χ3v) is 5.12. The summed E-state index contributed by atoms with van der Waals surface area (Å²) < 4.78 is 12.1. The van der Waals surface area contributed by atoms with E-state index in [0.29, 0.717) is 45.0 Å². The summed E-state index contributed by atoms with van der Waals surface area (Å²) in [6.07, 6.45) is -0.282. The van der Waals surface area contributed by atoms with Crippen LogP contribution in [0.3, 0.4) is 0 Å². The van der Waals surface area contributed by atoms with Crippen LogP contribution in [0.25, 0.3) is 11.0 Å². The number of aromatic nitrogens is 2. The highest BCUT2D eigenvalue weighted by Crippen LogP contribution is 2.23. The molecule has 2 amide bonds. The normalized spacial score (nSPS) is 19.3. The average molecular weight is 373 g/mol. The van der Waals surface area contributed by atoms with Gasteiger partial charge in [-0.25, -0.2) is 9.78 Å². The lowest BCUT2D eigenvalue weighted by Crippen LogP contribution is -2.53. The maximum Gasteiger partial charge on any atom is 0.410 e. The predicted octanol–water partition coefficient (Wildman–Crippen LogP) is 0.908. The Labute approximate surface area is 156 Å². The molecule has 3 heterocycles. The number of fused-ring (bicyclic) bond motifs is 2. The fourth-order valence-electron chi connectivity index (χ4n) is 3.61. The molecule has 27 heavy (non-hydrogen) atoms. The fraction of sp³-hybridized carbons (Fsp3) is 0.500. The van der Waals surface area contributed by atoms with Crippen LogP contribution in [0, 0.1) is 0 Å². The Kier molecular flexibility index (Phi) is 4.61.